The van der Waals surface area contributed by atoms with E-state index in [4.69, 9.17) is 9.97 Å². The van der Waals surface area contributed by atoms with Gasteiger partial charge in [-0.2, -0.15) is 0 Å². The zero-order chi connectivity index (χ0) is 33.0. The number of fused-ring (bicyclic) bond motifs is 5. The minimum Gasteiger partial charge on any atom is -0.317 e. The SMILES string of the molecule is c1ccc(-n2ccc3cc4c(cc32)c2cc(-c3nc(-c5ccc(-c6ccccn6)cc5)c5ccccc5n3)ccc2n4-c2ccccc2)cc1. The molecule has 6 aromatic carbocycles. The summed E-state index contributed by atoms with van der Waals surface area (Å²) < 4.78 is 4.63. The van der Waals surface area contributed by atoms with E-state index < -0.39 is 0 Å². The van der Waals surface area contributed by atoms with E-state index in [0.29, 0.717) is 5.82 Å². The van der Waals surface area contributed by atoms with Gasteiger partial charge in [-0.05, 0) is 78.9 Å². The van der Waals surface area contributed by atoms with Gasteiger partial charge >= 0.3 is 0 Å². The third-order valence-corrected chi connectivity index (χ3v) is 9.61. The molecule has 10 aromatic rings. The average Bonchev–Trinajstić information content (AvgIpc) is 3.75. The van der Waals surface area contributed by atoms with Crippen molar-refractivity contribution in [2.75, 3.05) is 0 Å². The third-order valence-electron chi connectivity index (χ3n) is 9.61. The first-order valence-electron chi connectivity index (χ1n) is 16.8. The fourth-order valence-electron chi connectivity index (χ4n) is 7.21. The van der Waals surface area contributed by atoms with Gasteiger partial charge in [0.05, 0.1) is 33.5 Å². The maximum Gasteiger partial charge on any atom is 0.160 e. The Labute approximate surface area is 288 Å². The van der Waals surface area contributed by atoms with E-state index >= 15 is 0 Å². The number of rotatable bonds is 5. The second-order valence-corrected chi connectivity index (χ2v) is 12.6. The molecule has 0 aliphatic heterocycles. The van der Waals surface area contributed by atoms with Gasteiger partial charge in [-0.3, -0.25) is 4.98 Å². The number of para-hydroxylation sites is 3. The molecule has 50 heavy (non-hydrogen) atoms. The van der Waals surface area contributed by atoms with Crippen molar-refractivity contribution in [1.29, 1.82) is 0 Å². The Bertz CT molecular complexity index is 2840. The van der Waals surface area contributed by atoms with Gasteiger partial charge in [0.15, 0.2) is 5.82 Å². The normalized spacial score (nSPS) is 11.6. The van der Waals surface area contributed by atoms with Crippen molar-refractivity contribution in [2.45, 2.75) is 0 Å². The highest BCUT2D eigenvalue weighted by molar-refractivity contribution is 6.14. The smallest absolute Gasteiger partial charge is 0.160 e. The lowest BCUT2D eigenvalue weighted by Gasteiger charge is -2.11. The average molecular weight is 640 g/mol. The molecule has 0 bridgehead atoms. The van der Waals surface area contributed by atoms with Crippen LogP contribution in [0.4, 0.5) is 0 Å². The third kappa shape index (κ3) is 4.60. The first-order valence-corrected chi connectivity index (χ1v) is 16.8. The Morgan fingerprint density at radius 2 is 1.14 bits per heavy atom. The van der Waals surface area contributed by atoms with Crippen LogP contribution in [0.2, 0.25) is 0 Å². The Hall–Kier alpha value is -6.85. The number of aromatic nitrogens is 5. The fourth-order valence-corrected chi connectivity index (χ4v) is 7.21. The minimum absolute atomic E-state index is 0.698. The maximum atomic E-state index is 5.25. The van der Waals surface area contributed by atoms with Gasteiger partial charge in [0, 0.05) is 62.0 Å². The van der Waals surface area contributed by atoms with E-state index in [-0.39, 0.29) is 0 Å². The summed E-state index contributed by atoms with van der Waals surface area (Å²) in [4.78, 5) is 14.9. The zero-order valence-electron chi connectivity index (χ0n) is 27.0. The quantitative estimate of drug-likeness (QED) is 0.188. The highest BCUT2D eigenvalue weighted by Crippen LogP contribution is 2.38. The van der Waals surface area contributed by atoms with E-state index in [1.165, 1.54) is 16.3 Å². The van der Waals surface area contributed by atoms with Crippen molar-refractivity contribution >= 4 is 43.6 Å². The second kappa shape index (κ2) is 11.4. The van der Waals surface area contributed by atoms with Crippen molar-refractivity contribution < 1.29 is 0 Å². The molecule has 0 atom stereocenters. The van der Waals surface area contributed by atoms with Crippen molar-refractivity contribution in [3.63, 3.8) is 0 Å². The molecule has 0 unspecified atom stereocenters. The van der Waals surface area contributed by atoms with Gasteiger partial charge in [-0.1, -0.05) is 84.9 Å². The van der Waals surface area contributed by atoms with E-state index in [9.17, 15) is 0 Å². The van der Waals surface area contributed by atoms with Crippen LogP contribution in [0.25, 0.3) is 88.9 Å². The summed E-state index contributed by atoms with van der Waals surface area (Å²) >= 11 is 0. The summed E-state index contributed by atoms with van der Waals surface area (Å²) in [5.41, 5.74) is 11.6. The number of hydrogen-bond donors (Lipinski definition) is 0. The molecule has 0 saturated heterocycles. The van der Waals surface area contributed by atoms with Crippen molar-refractivity contribution in [1.82, 2.24) is 24.1 Å². The Morgan fingerprint density at radius 1 is 0.440 bits per heavy atom. The Balaban J connectivity index is 1.18. The van der Waals surface area contributed by atoms with Crippen molar-refractivity contribution in [3.8, 4) is 45.3 Å². The van der Waals surface area contributed by atoms with Gasteiger partial charge in [-0.25, -0.2) is 9.97 Å². The van der Waals surface area contributed by atoms with Gasteiger partial charge in [0.1, 0.15) is 0 Å². The lowest BCUT2D eigenvalue weighted by atomic mass is 10.0. The van der Waals surface area contributed by atoms with Gasteiger partial charge in [0.25, 0.3) is 0 Å². The predicted octanol–water partition coefficient (Wildman–Crippen LogP) is 11.1. The molecular formula is C45H29N5. The van der Waals surface area contributed by atoms with E-state index in [1.807, 2.05) is 36.5 Å². The molecule has 234 valence electrons. The fraction of sp³-hybridized carbons (Fsp3) is 0. The van der Waals surface area contributed by atoms with E-state index in [0.717, 1.165) is 66.8 Å². The summed E-state index contributed by atoms with van der Waals surface area (Å²) in [6.07, 6.45) is 3.98. The molecule has 0 fully saturated rings. The summed E-state index contributed by atoms with van der Waals surface area (Å²) in [6.45, 7) is 0. The summed E-state index contributed by atoms with van der Waals surface area (Å²) in [5.74, 6) is 0.698. The summed E-state index contributed by atoms with van der Waals surface area (Å²) in [5, 5.41) is 4.55. The standard InChI is InChI=1S/C45H29N5/c1-3-11-34(12-4-1)49-26-24-32-28-43-38(29-42(32)49)37-27-33(22-23-41(37)50(43)35-13-5-2-6-14-35)45-47-40-17-8-7-15-36(40)44(48-45)31-20-18-30(19-21-31)39-16-9-10-25-46-39/h1-29H. The van der Waals surface area contributed by atoms with Crippen LogP contribution in [0.15, 0.2) is 176 Å². The van der Waals surface area contributed by atoms with Crippen LogP contribution >= 0.6 is 0 Å². The highest BCUT2D eigenvalue weighted by Gasteiger charge is 2.18. The molecule has 4 aromatic heterocycles. The molecule has 10 rings (SSSR count). The molecule has 0 saturated carbocycles. The molecule has 0 N–H and O–H groups in total. The topological polar surface area (TPSA) is 48.5 Å². The monoisotopic (exact) mass is 639 g/mol. The Kier molecular flexibility index (Phi) is 6.42. The summed E-state index contributed by atoms with van der Waals surface area (Å²) in [6, 6.07) is 57.3. The van der Waals surface area contributed by atoms with Crippen LogP contribution in [0.1, 0.15) is 0 Å². The van der Waals surface area contributed by atoms with Crippen LogP contribution in [0, 0.1) is 0 Å². The molecule has 0 spiro atoms. The number of pyridine rings is 1. The lowest BCUT2D eigenvalue weighted by molar-refractivity contribution is 1.13. The molecule has 5 nitrogen and oxygen atoms in total. The zero-order valence-corrected chi connectivity index (χ0v) is 27.0. The molecule has 0 amide bonds. The van der Waals surface area contributed by atoms with Crippen LogP contribution in [-0.2, 0) is 0 Å². The molecule has 5 heteroatoms. The predicted molar refractivity (Wildman–Crippen MR) is 205 cm³/mol. The van der Waals surface area contributed by atoms with Gasteiger partial charge in [0.2, 0.25) is 0 Å². The van der Waals surface area contributed by atoms with Crippen molar-refractivity contribution in [2.24, 2.45) is 0 Å². The molecular weight excluding hydrogens is 611 g/mol. The maximum absolute atomic E-state index is 5.25. The van der Waals surface area contributed by atoms with Crippen LogP contribution in [0.5, 0.6) is 0 Å². The van der Waals surface area contributed by atoms with Crippen LogP contribution < -0.4 is 0 Å². The molecule has 0 radical (unpaired) electrons. The summed E-state index contributed by atoms with van der Waals surface area (Å²) in [7, 11) is 0. The van der Waals surface area contributed by atoms with Crippen LogP contribution in [0.3, 0.4) is 0 Å². The number of nitrogens with zero attached hydrogens (tertiary/aromatic N) is 5. The first-order chi connectivity index (χ1) is 24.8. The molecule has 4 heterocycles. The van der Waals surface area contributed by atoms with Gasteiger partial charge in [-0.15, -0.1) is 0 Å². The second-order valence-electron chi connectivity index (χ2n) is 12.6. The van der Waals surface area contributed by atoms with Crippen LogP contribution in [-0.4, -0.2) is 24.1 Å². The first kappa shape index (κ1) is 28.2. The molecule has 0 aliphatic carbocycles. The van der Waals surface area contributed by atoms with E-state index in [2.05, 4.69) is 154 Å². The molecule has 0 aliphatic rings. The van der Waals surface area contributed by atoms with Crippen molar-refractivity contribution in [3.05, 3.63) is 176 Å². The Morgan fingerprint density at radius 3 is 1.94 bits per heavy atom. The minimum atomic E-state index is 0.698. The highest BCUT2D eigenvalue weighted by atomic mass is 15.0. The lowest BCUT2D eigenvalue weighted by Crippen LogP contribution is -1.96. The van der Waals surface area contributed by atoms with Gasteiger partial charge < -0.3 is 9.13 Å². The number of hydrogen-bond acceptors (Lipinski definition) is 3. The van der Waals surface area contributed by atoms with E-state index in [1.54, 1.807) is 0 Å². The number of benzene rings is 6. The largest absolute Gasteiger partial charge is 0.317 e.